The smallest absolute Gasteiger partial charge is 0.0716 e. The molecular formula is C34H56N4O2. The van der Waals surface area contributed by atoms with Crippen molar-refractivity contribution in [3.63, 3.8) is 0 Å². The van der Waals surface area contributed by atoms with Gasteiger partial charge in [0.05, 0.1) is 13.2 Å². The standard InChI is InChI=1S/2C17H28N2O/c2*18-17-9-12-19(13-10-17)11-5-2-6-14-20-15-16-7-3-1-4-8-16/h2*1,3-4,7-8,17H,2,5-6,9-15,18H2. The van der Waals surface area contributed by atoms with Gasteiger partial charge in [-0.05, 0) is 115 Å². The molecular weight excluding hydrogens is 496 g/mol. The van der Waals surface area contributed by atoms with Gasteiger partial charge in [0, 0.05) is 25.3 Å². The summed E-state index contributed by atoms with van der Waals surface area (Å²) < 4.78 is 11.4. The minimum absolute atomic E-state index is 0.442. The number of benzene rings is 2. The molecule has 40 heavy (non-hydrogen) atoms. The normalized spacial score (nSPS) is 17.4. The predicted octanol–water partition coefficient (Wildman–Crippen LogP) is 5.59. The van der Waals surface area contributed by atoms with E-state index >= 15 is 0 Å². The number of likely N-dealkylation sites (tertiary alicyclic amines) is 2. The van der Waals surface area contributed by atoms with Gasteiger partial charge in [-0.3, -0.25) is 0 Å². The van der Waals surface area contributed by atoms with E-state index in [1.54, 1.807) is 0 Å². The maximum Gasteiger partial charge on any atom is 0.0716 e. The monoisotopic (exact) mass is 552 g/mol. The van der Waals surface area contributed by atoms with Crippen molar-refractivity contribution in [2.24, 2.45) is 11.5 Å². The average Bonchev–Trinajstić information content (AvgIpc) is 2.99. The van der Waals surface area contributed by atoms with Crippen LogP contribution < -0.4 is 11.5 Å². The van der Waals surface area contributed by atoms with E-state index in [0.29, 0.717) is 12.1 Å². The van der Waals surface area contributed by atoms with E-state index in [4.69, 9.17) is 20.9 Å². The van der Waals surface area contributed by atoms with Gasteiger partial charge < -0.3 is 30.7 Å². The summed E-state index contributed by atoms with van der Waals surface area (Å²) in [5.74, 6) is 0. The zero-order valence-corrected chi connectivity index (χ0v) is 24.9. The number of nitrogens with zero attached hydrogens (tertiary/aromatic N) is 2. The first kappa shape index (κ1) is 32.7. The molecule has 0 atom stereocenters. The highest BCUT2D eigenvalue weighted by molar-refractivity contribution is 5.14. The molecule has 6 nitrogen and oxygen atoms in total. The Balaban J connectivity index is 0.000000220. The van der Waals surface area contributed by atoms with E-state index in [1.165, 1.54) is 115 Å². The second-order valence-electron chi connectivity index (χ2n) is 11.6. The molecule has 224 valence electrons. The van der Waals surface area contributed by atoms with E-state index in [2.05, 4.69) is 58.3 Å². The molecule has 0 aromatic heterocycles. The van der Waals surface area contributed by atoms with Crippen LogP contribution in [-0.4, -0.2) is 74.4 Å². The van der Waals surface area contributed by atoms with Crippen molar-refractivity contribution in [3.8, 4) is 0 Å². The molecule has 2 aliphatic rings. The van der Waals surface area contributed by atoms with Crippen LogP contribution in [0.2, 0.25) is 0 Å². The molecule has 2 aliphatic heterocycles. The molecule has 0 unspecified atom stereocenters. The molecule has 0 aliphatic carbocycles. The van der Waals surface area contributed by atoms with E-state index in [-0.39, 0.29) is 0 Å². The van der Waals surface area contributed by atoms with Crippen LogP contribution in [0.3, 0.4) is 0 Å². The van der Waals surface area contributed by atoms with Gasteiger partial charge in [0.2, 0.25) is 0 Å². The first-order chi connectivity index (χ1) is 19.7. The number of rotatable bonds is 16. The van der Waals surface area contributed by atoms with Crippen LogP contribution >= 0.6 is 0 Å². The lowest BCUT2D eigenvalue weighted by Crippen LogP contribution is -2.40. The van der Waals surface area contributed by atoms with Gasteiger partial charge in [-0.2, -0.15) is 0 Å². The van der Waals surface area contributed by atoms with Crippen LogP contribution in [0.5, 0.6) is 0 Å². The van der Waals surface area contributed by atoms with E-state index in [9.17, 15) is 0 Å². The summed E-state index contributed by atoms with van der Waals surface area (Å²) in [7, 11) is 0. The lowest BCUT2D eigenvalue weighted by Gasteiger charge is -2.29. The minimum Gasteiger partial charge on any atom is -0.377 e. The maximum atomic E-state index is 5.91. The van der Waals surface area contributed by atoms with Gasteiger partial charge in [0.15, 0.2) is 0 Å². The van der Waals surface area contributed by atoms with Gasteiger partial charge in [-0.25, -0.2) is 0 Å². The average molecular weight is 553 g/mol. The SMILES string of the molecule is NC1CCN(CCCCCOCc2ccccc2)CC1.NC1CCN(CCCCCOCc2ccccc2)CC1. The molecule has 6 heteroatoms. The Hall–Kier alpha value is -1.80. The summed E-state index contributed by atoms with van der Waals surface area (Å²) in [6, 6.07) is 21.6. The molecule has 2 fully saturated rings. The lowest BCUT2D eigenvalue weighted by molar-refractivity contribution is 0.115. The summed E-state index contributed by atoms with van der Waals surface area (Å²) >= 11 is 0. The fourth-order valence-electron chi connectivity index (χ4n) is 5.31. The first-order valence-corrected chi connectivity index (χ1v) is 15.9. The van der Waals surface area contributed by atoms with Crippen molar-refractivity contribution in [2.75, 3.05) is 52.5 Å². The van der Waals surface area contributed by atoms with Crippen molar-refractivity contribution < 1.29 is 9.47 Å². The summed E-state index contributed by atoms with van der Waals surface area (Å²) in [5.41, 5.74) is 14.3. The van der Waals surface area contributed by atoms with Crippen LogP contribution in [0.15, 0.2) is 60.7 Å². The molecule has 4 N–H and O–H groups in total. The summed E-state index contributed by atoms with van der Waals surface area (Å²) in [6.45, 7) is 10.4. The zero-order valence-electron chi connectivity index (χ0n) is 24.9. The molecule has 4 rings (SSSR count). The van der Waals surface area contributed by atoms with E-state index in [1.807, 2.05) is 12.1 Å². The Labute approximate surface area is 244 Å². The molecule has 0 spiro atoms. The fraction of sp³-hybridized carbons (Fsp3) is 0.647. The van der Waals surface area contributed by atoms with Crippen molar-refractivity contribution in [3.05, 3.63) is 71.8 Å². The van der Waals surface area contributed by atoms with Crippen molar-refractivity contribution >= 4 is 0 Å². The van der Waals surface area contributed by atoms with Crippen LogP contribution in [0.1, 0.15) is 75.3 Å². The van der Waals surface area contributed by atoms with Crippen LogP contribution in [0.4, 0.5) is 0 Å². The molecule has 2 aromatic rings. The molecule has 0 saturated carbocycles. The highest BCUT2D eigenvalue weighted by atomic mass is 16.5. The molecule has 0 radical (unpaired) electrons. The maximum absolute atomic E-state index is 5.91. The zero-order chi connectivity index (χ0) is 28.1. The Bertz CT molecular complexity index is 766. The Morgan fingerprint density at radius 1 is 0.525 bits per heavy atom. The number of piperidine rings is 2. The topological polar surface area (TPSA) is 77.0 Å². The molecule has 2 heterocycles. The molecule has 2 aromatic carbocycles. The minimum atomic E-state index is 0.442. The molecule has 0 bridgehead atoms. The van der Waals surface area contributed by atoms with E-state index in [0.717, 1.165) is 26.4 Å². The van der Waals surface area contributed by atoms with Crippen molar-refractivity contribution in [1.82, 2.24) is 9.80 Å². The highest BCUT2D eigenvalue weighted by Gasteiger charge is 2.15. The third kappa shape index (κ3) is 15.3. The number of hydrogen-bond acceptors (Lipinski definition) is 6. The lowest BCUT2D eigenvalue weighted by atomic mass is 10.1. The summed E-state index contributed by atoms with van der Waals surface area (Å²) in [5, 5.41) is 0. The van der Waals surface area contributed by atoms with Gasteiger partial charge in [0.1, 0.15) is 0 Å². The first-order valence-electron chi connectivity index (χ1n) is 15.9. The van der Waals surface area contributed by atoms with Gasteiger partial charge >= 0.3 is 0 Å². The number of ether oxygens (including phenoxy) is 2. The number of unbranched alkanes of at least 4 members (excludes halogenated alkanes) is 4. The molecule has 2 saturated heterocycles. The van der Waals surface area contributed by atoms with Crippen LogP contribution in [0.25, 0.3) is 0 Å². The fourth-order valence-corrected chi connectivity index (χ4v) is 5.31. The summed E-state index contributed by atoms with van der Waals surface area (Å²) in [6.07, 6.45) is 12.1. The van der Waals surface area contributed by atoms with Gasteiger partial charge in [0.25, 0.3) is 0 Å². The quantitative estimate of drug-likeness (QED) is 0.264. The Morgan fingerprint density at radius 3 is 1.27 bits per heavy atom. The van der Waals surface area contributed by atoms with E-state index < -0.39 is 0 Å². The second kappa shape index (κ2) is 21.0. The largest absolute Gasteiger partial charge is 0.377 e. The third-order valence-electron chi connectivity index (χ3n) is 8.01. The van der Waals surface area contributed by atoms with Crippen molar-refractivity contribution in [2.45, 2.75) is 89.5 Å². The Morgan fingerprint density at radius 2 is 0.900 bits per heavy atom. The van der Waals surface area contributed by atoms with Gasteiger partial charge in [-0.1, -0.05) is 60.7 Å². The van der Waals surface area contributed by atoms with Crippen LogP contribution in [-0.2, 0) is 22.7 Å². The van der Waals surface area contributed by atoms with Crippen LogP contribution in [0, 0.1) is 0 Å². The van der Waals surface area contributed by atoms with Crippen molar-refractivity contribution in [1.29, 1.82) is 0 Å². The summed E-state index contributed by atoms with van der Waals surface area (Å²) in [4.78, 5) is 5.10. The second-order valence-corrected chi connectivity index (χ2v) is 11.6. The molecule has 0 amide bonds. The number of hydrogen-bond donors (Lipinski definition) is 2. The highest BCUT2D eigenvalue weighted by Crippen LogP contribution is 2.11. The number of nitrogens with two attached hydrogens (primary N) is 2. The van der Waals surface area contributed by atoms with Gasteiger partial charge in [-0.15, -0.1) is 0 Å². The predicted molar refractivity (Wildman–Crippen MR) is 167 cm³/mol. The Kier molecular flexibility index (Phi) is 17.2. The third-order valence-corrected chi connectivity index (χ3v) is 8.01.